The van der Waals surface area contributed by atoms with Gasteiger partial charge in [0.25, 0.3) is 0 Å². The topological polar surface area (TPSA) is 84.0 Å². The number of nitrogens with zero attached hydrogens (tertiary/aromatic N) is 2. The average Bonchev–Trinajstić information content (AvgIpc) is 3.58. The maximum atomic E-state index is 13.9. The summed E-state index contributed by atoms with van der Waals surface area (Å²) in [6.07, 6.45) is 17.4. The summed E-state index contributed by atoms with van der Waals surface area (Å²) in [7, 11) is 3.99. The molecule has 6 aliphatic carbocycles. The van der Waals surface area contributed by atoms with E-state index in [0.29, 0.717) is 60.4 Å². The van der Waals surface area contributed by atoms with E-state index in [0.717, 1.165) is 88.2 Å². The minimum Gasteiger partial charge on any atom is -0.386 e. The second-order valence-electron chi connectivity index (χ2n) is 18.3. The summed E-state index contributed by atoms with van der Waals surface area (Å²) in [5, 5.41) is 0. The van der Waals surface area contributed by atoms with Gasteiger partial charge in [-0.1, -0.05) is 39.8 Å². The van der Waals surface area contributed by atoms with Crippen LogP contribution < -0.4 is 0 Å². The fraction of sp³-hybridized carbons (Fsp3) is 0.800. The van der Waals surface area contributed by atoms with Gasteiger partial charge in [0, 0.05) is 61.0 Å². The molecule has 0 N–H and O–H groups in total. The van der Waals surface area contributed by atoms with Crippen LogP contribution in [-0.2, 0) is 23.9 Å². The molecule has 2 aliphatic heterocycles. The van der Waals surface area contributed by atoms with Gasteiger partial charge in [-0.05, 0) is 123 Å². The summed E-state index contributed by atoms with van der Waals surface area (Å²) in [6.45, 7) is 9.36. The number of allylic oxidation sites excluding steroid dienone is 2. The Balaban J connectivity index is 0.952. The highest BCUT2D eigenvalue weighted by Gasteiger charge is 2.63. The molecule has 2 heterocycles. The molecule has 8 aliphatic rings. The van der Waals surface area contributed by atoms with Gasteiger partial charge in [0.1, 0.15) is 0 Å². The van der Waals surface area contributed by atoms with Crippen molar-refractivity contribution in [3.05, 3.63) is 23.3 Å². The number of hydrogen-bond acceptors (Lipinski definition) is 5. The summed E-state index contributed by atoms with van der Waals surface area (Å²) >= 11 is 0. The lowest BCUT2D eigenvalue weighted by Gasteiger charge is -2.61. The van der Waals surface area contributed by atoms with Crippen molar-refractivity contribution in [2.75, 3.05) is 14.1 Å². The Labute approximate surface area is 281 Å². The van der Waals surface area contributed by atoms with Crippen LogP contribution >= 0.6 is 0 Å². The molecule has 47 heavy (non-hydrogen) atoms. The third-order valence-corrected chi connectivity index (χ3v) is 16.9. The predicted octanol–water partition coefficient (Wildman–Crippen LogP) is 6.86. The minimum absolute atomic E-state index is 0.132. The van der Waals surface area contributed by atoms with Crippen LogP contribution in [0.1, 0.15) is 118 Å². The SMILES string of the molecule is CN1C(=O)CC[C@]2(C)[C@H]3CC[C@]4(C)C(C(=O)OC(=O)C5=CC[C@H]6[C@@H]7CC[C@H]8N(C)C(=O)CC[C@]8(C)[C@H]7CC[C@]56C)=CC[C@H]4[C@@H]3CC[C@@H]12. The Morgan fingerprint density at radius 1 is 0.617 bits per heavy atom. The van der Waals surface area contributed by atoms with Crippen LogP contribution in [-0.4, -0.2) is 59.7 Å². The Kier molecular flexibility index (Phi) is 7.13. The molecule has 4 saturated carbocycles. The zero-order valence-electron chi connectivity index (χ0n) is 29.6. The molecule has 12 atom stereocenters. The second kappa shape index (κ2) is 10.5. The van der Waals surface area contributed by atoms with Crippen molar-refractivity contribution in [1.29, 1.82) is 0 Å². The molecule has 8 rings (SSSR count). The van der Waals surface area contributed by atoms with Crippen LogP contribution in [0.4, 0.5) is 0 Å². The van der Waals surface area contributed by atoms with E-state index in [1.54, 1.807) is 0 Å². The lowest BCUT2D eigenvalue weighted by Crippen LogP contribution is -2.61. The van der Waals surface area contributed by atoms with Crippen LogP contribution in [0.25, 0.3) is 0 Å². The minimum atomic E-state index is -0.425. The first-order valence-corrected chi connectivity index (χ1v) is 18.9. The van der Waals surface area contributed by atoms with Gasteiger partial charge in [-0.3, -0.25) is 9.59 Å². The number of hydrogen-bond donors (Lipinski definition) is 0. The van der Waals surface area contributed by atoms with Gasteiger partial charge in [-0.2, -0.15) is 0 Å². The van der Waals surface area contributed by atoms with Crippen LogP contribution in [0.2, 0.25) is 0 Å². The van der Waals surface area contributed by atoms with Gasteiger partial charge in [-0.15, -0.1) is 0 Å². The lowest BCUT2D eigenvalue weighted by molar-refractivity contribution is -0.162. The molecule has 0 radical (unpaired) electrons. The van der Waals surface area contributed by atoms with Crippen LogP contribution in [0.15, 0.2) is 23.3 Å². The van der Waals surface area contributed by atoms with Gasteiger partial charge < -0.3 is 14.5 Å². The first kappa shape index (κ1) is 31.8. The molecule has 256 valence electrons. The smallest absolute Gasteiger partial charge is 0.342 e. The summed E-state index contributed by atoms with van der Waals surface area (Å²) in [6, 6.07) is 0.633. The Morgan fingerprint density at radius 2 is 1.02 bits per heavy atom. The van der Waals surface area contributed by atoms with Gasteiger partial charge in [-0.25, -0.2) is 9.59 Å². The Hall–Kier alpha value is -2.44. The molecular formula is C40H56N2O5. The summed E-state index contributed by atoms with van der Waals surface area (Å²) in [5.41, 5.74) is 1.18. The van der Waals surface area contributed by atoms with Crippen molar-refractivity contribution < 1.29 is 23.9 Å². The number of ether oxygens (including phenoxy) is 1. The number of carbonyl (C=O) groups is 4. The molecule has 7 heteroatoms. The van der Waals surface area contributed by atoms with E-state index in [-0.39, 0.29) is 33.5 Å². The number of fused-ring (bicyclic) bond motifs is 10. The fourth-order valence-electron chi connectivity index (χ4n) is 14.3. The Bertz CT molecular complexity index is 1370. The second-order valence-corrected chi connectivity index (χ2v) is 18.3. The van der Waals surface area contributed by atoms with E-state index >= 15 is 0 Å². The molecule has 0 spiro atoms. The van der Waals surface area contributed by atoms with E-state index in [4.69, 9.17) is 4.74 Å². The fourth-order valence-corrected chi connectivity index (χ4v) is 14.3. The maximum absolute atomic E-state index is 13.9. The van der Waals surface area contributed by atoms with E-state index in [2.05, 4.69) is 39.8 Å². The van der Waals surface area contributed by atoms with Crippen LogP contribution in [0, 0.1) is 57.2 Å². The molecule has 0 aromatic rings. The van der Waals surface area contributed by atoms with Crippen molar-refractivity contribution in [1.82, 2.24) is 9.80 Å². The number of carbonyl (C=O) groups excluding carboxylic acids is 4. The van der Waals surface area contributed by atoms with Crippen molar-refractivity contribution in [3.8, 4) is 0 Å². The van der Waals surface area contributed by atoms with E-state index in [1.807, 2.05) is 23.9 Å². The van der Waals surface area contributed by atoms with E-state index in [1.165, 1.54) is 0 Å². The first-order valence-electron chi connectivity index (χ1n) is 18.9. The lowest BCUT2D eigenvalue weighted by atomic mass is 9.47. The van der Waals surface area contributed by atoms with Crippen molar-refractivity contribution >= 4 is 23.8 Å². The zero-order valence-corrected chi connectivity index (χ0v) is 29.6. The van der Waals surface area contributed by atoms with Gasteiger partial charge >= 0.3 is 11.9 Å². The normalized spacial score (nSPS) is 48.6. The molecule has 0 aromatic carbocycles. The number of piperidine rings is 2. The molecular weight excluding hydrogens is 588 g/mol. The van der Waals surface area contributed by atoms with E-state index < -0.39 is 11.9 Å². The van der Waals surface area contributed by atoms with Gasteiger partial charge in [0.2, 0.25) is 11.8 Å². The summed E-state index contributed by atoms with van der Waals surface area (Å²) in [5.74, 6) is 2.65. The van der Waals surface area contributed by atoms with Gasteiger partial charge in [0.15, 0.2) is 0 Å². The third kappa shape index (κ3) is 4.22. The van der Waals surface area contributed by atoms with Crippen molar-refractivity contribution in [3.63, 3.8) is 0 Å². The van der Waals surface area contributed by atoms with E-state index in [9.17, 15) is 19.2 Å². The number of likely N-dealkylation sites (tertiary alicyclic amines) is 2. The van der Waals surface area contributed by atoms with Crippen molar-refractivity contribution in [2.24, 2.45) is 57.2 Å². The standard InChI is InChI=1S/C40H56N2O5/c1-37-19-15-27-23(7-13-31-39(27,3)21-17-33(43)41(31)5)25(37)9-11-29(37)35(45)47-36(46)30-12-10-26-24-8-14-32-40(4,22-18-34(44)42(32)6)28(24)16-20-38(26,30)2/h11-12,23-28,31-32H,7-10,13-22H2,1-6H3/t23-,24-,25-,26-,27-,28-,31+,32+,37-,38-,39+,40+/m0/s1. The summed E-state index contributed by atoms with van der Waals surface area (Å²) in [4.78, 5) is 57.0. The zero-order chi connectivity index (χ0) is 33.3. The number of rotatable bonds is 2. The Morgan fingerprint density at radius 3 is 1.43 bits per heavy atom. The molecule has 0 bridgehead atoms. The molecule has 0 unspecified atom stereocenters. The molecule has 0 aromatic heterocycles. The molecule has 7 nitrogen and oxygen atoms in total. The monoisotopic (exact) mass is 644 g/mol. The van der Waals surface area contributed by atoms with Crippen LogP contribution in [0.3, 0.4) is 0 Å². The first-order chi connectivity index (χ1) is 22.2. The predicted molar refractivity (Wildman–Crippen MR) is 178 cm³/mol. The molecule has 2 amide bonds. The highest BCUT2D eigenvalue weighted by molar-refractivity contribution is 6.03. The van der Waals surface area contributed by atoms with Gasteiger partial charge in [0.05, 0.1) is 0 Å². The average molecular weight is 645 g/mol. The highest BCUT2D eigenvalue weighted by atomic mass is 16.6. The number of esters is 2. The molecule has 6 fully saturated rings. The number of amides is 2. The summed E-state index contributed by atoms with van der Waals surface area (Å²) < 4.78 is 5.88. The quantitative estimate of drug-likeness (QED) is 0.242. The highest BCUT2D eigenvalue weighted by Crippen LogP contribution is 2.67. The molecule has 2 saturated heterocycles. The maximum Gasteiger partial charge on any atom is 0.342 e. The largest absolute Gasteiger partial charge is 0.386 e. The third-order valence-electron chi connectivity index (χ3n) is 16.9. The van der Waals surface area contributed by atoms with Crippen LogP contribution in [0.5, 0.6) is 0 Å². The van der Waals surface area contributed by atoms with Crippen molar-refractivity contribution in [2.45, 2.75) is 130 Å².